The number of hydrogen-bond acceptors (Lipinski definition) is 1. The van der Waals surface area contributed by atoms with Crippen LogP contribution in [0.15, 0.2) is 73.8 Å². The van der Waals surface area contributed by atoms with Crippen molar-refractivity contribution in [1.29, 1.82) is 0 Å². The molecule has 1 aliphatic rings. The zero-order valence-electron chi connectivity index (χ0n) is 19.1. The number of rotatable bonds is 12. The van der Waals surface area contributed by atoms with E-state index >= 15 is 0 Å². The van der Waals surface area contributed by atoms with Crippen molar-refractivity contribution in [2.24, 2.45) is 5.92 Å². The molecule has 0 heterocycles. The number of hydrogen-bond donors (Lipinski definition) is 0. The lowest BCUT2D eigenvalue weighted by Crippen LogP contribution is -2.20. The zero-order chi connectivity index (χ0) is 22.8. The van der Waals surface area contributed by atoms with Gasteiger partial charge in [0.2, 0.25) is 0 Å². The molecule has 1 fully saturated rings. The lowest BCUT2D eigenvalue weighted by atomic mass is 9.77. The molecule has 0 atom stereocenters. The molecule has 1 aliphatic carbocycles. The van der Waals surface area contributed by atoms with Crippen molar-refractivity contribution in [2.75, 3.05) is 6.61 Å². The number of ether oxygens (including phenoxy) is 1. The Labute approximate surface area is 192 Å². The maximum atomic E-state index is 14.6. The Morgan fingerprint density at radius 3 is 2.00 bits per heavy atom. The summed E-state index contributed by atoms with van der Waals surface area (Å²) in [6.45, 7) is 7.52. The summed E-state index contributed by atoms with van der Waals surface area (Å²) < 4.78 is 34.1. The highest BCUT2D eigenvalue weighted by molar-refractivity contribution is 5.28. The molecule has 0 bridgehead atoms. The molecule has 1 saturated carbocycles. The fraction of sp³-hybridized carbons (Fsp3) is 0.448. The highest BCUT2D eigenvalue weighted by Crippen LogP contribution is 2.38. The van der Waals surface area contributed by atoms with Crippen molar-refractivity contribution in [2.45, 2.75) is 69.8 Å². The summed E-state index contributed by atoms with van der Waals surface area (Å²) in [4.78, 5) is 0. The van der Waals surface area contributed by atoms with Crippen LogP contribution in [0.3, 0.4) is 0 Å². The van der Waals surface area contributed by atoms with Gasteiger partial charge in [-0.05, 0) is 86.3 Å². The summed E-state index contributed by atoms with van der Waals surface area (Å²) in [5.41, 5.74) is 3.33. The molecule has 172 valence electrons. The van der Waals surface area contributed by atoms with Gasteiger partial charge in [-0.15, -0.1) is 13.2 Å². The average molecular weight is 439 g/mol. The largest absolute Gasteiger partial charge is 0.383 e. The third kappa shape index (κ3) is 7.13. The summed E-state index contributed by atoms with van der Waals surface area (Å²) in [5, 5.41) is 0. The van der Waals surface area contributed by atoms with Gasteiger partial charge in [0, 0.05) is 0 Å². The predicted molar refractivity (Wildman–Crippen MR) is 129 cm³/mol. The molecule has 0 aromatic heterocycles. The lowest BCUT2D eigenvalue weighted by molar-refractivity contribution is -0.248. The van der Waals surface area contributed by atoms with E-state index in [2.05, 4.69) is 13.2 Å². The summed E-state index contributed by atoms with van der Waals surface area (Å²) in [5.74, 6) is 1.26. The van der Waals surface area contributed by atoms with E-state index in [0.29, 0.717) is 12.3 Å². The SMILES string of the molecule is C=CCCc1ccc(CCOC(F)(F)c2ccc(C3CCC(CCC=C)CC3)cc2)cc1. The monoisotopic (exact) mass is 438 g/mol. The molecule has 3 rings (SSSR count). The third-order valence-electron chi connectivity index (χ3n) is 6.68. The molecule has 0 radical (unpaired) electrons. The van der Waals surface area contributed by atoms with Gasteiger partial charge in [0.25, 0.3) is 0 Å². The van der Waals surface area contributed by atoms with Crippen molar-refractivity contribution < 1.29 is 13.5 Å². The van der Waals surface area contributed by atoms with E-state index in [1.54, 1.807) is 0 Å². The van der Waals surface area contributed by atoms with Gasteiger partial charge in [-0.1, -0.05) is 60.7 Å². The van der Waals surface area contributed by atoms with Gasteiger partial charge in [-0.2, -0.15) is 8.78 Å². The standard InChI is InChI=1S/C29H36F2O/c1-3-5-7-23-9-11-25(12-10-23)21-22-32-29(30,31)28-19-17-27(18-20-28)26-15-13-24(14-16-26)8-6-4-2/h3-4,9-12,17-20,24,26H,1-2,5-8,13-16,21-22H2. The Morgan fingerprint density at radius 2 is 1.41 bits per heavy atom. The molecule has 0 aliphatic heterocycles. The van der Waals surface area contributed by atoms with Crippen molar-refractivity contribution in [3.8, 4) is 0 Å². The number of alkyl halides is 2. The van der Waals surface area contributed by atoms with E-state index in [9.17, 15) is 8.78 Å². The second kappa shape index (κ2) is 12.1. The van der Waals surface area contributed by atoms with Crippen LogP contribution in [-0.4, -0.2) is 6.61 Å². The van der Waals surface area contributed by atoms with Gasteiger partial charge in [-0.3, -0.25) is 0 Å². The van der Waals surface area contributed by atoms with Gasteiger partial charge in [0.05, 0.1) is 12.2 Å². The Balaban J connectivity index is 1.47. The zero-order valence-corrected chi connectivity index (χ0v) is 19.1. The summed E-state index contributed by atoms with van der Waals surface area (Å²) in [7, 11) is 0. The van der Waals surface area contributed by atoms with Gasteiger partial charge in [-0.25, -0.2) is 0 Å². The van der Waals surface area contributed by atoms with E-state index in [0.717, 1.165) is 43.6 Å². The minimum atomic E-state index is -3.27. The van der Waals surface area contributed by atoms with Crippen LogP contribution in [0.1, 0.15) is 73.1 Å². The molecule has 0 unspecified atom stereocenters. The second-order valence-electron chi connectivity index (χ2n) is 8.96. The third-order valence-corrected chi connectivity index (χ3v) is 6.68. The fourth-order valence-electron chi connectivity index (χ4n) is 4.61. The van der Waals surface area contributed by atoms with Crippen molar-refractivity contribution in [1.82, 2.24) is 0 Å². The normalized spacial score (nSPS) is 18.9. The van der Waals surface area contributed by atoms with Crippen molar-refractivity contribution in [3.63, 3.8) is 0 Å². The van der Waals surface area contributed by atoms with E-state index in [1.807, 2.05) is 48.6 Å². The maximum absolute atomic E-state index is 14.6. The summed E-state index contributed by atoms with van der Waals surface area (Å²) in [6, 6.07) is 14.9. The minimum absolute atomic E-state index is 0.0184. The van der Waals surface area contributed by atoms with Crippen LogP contribution < -0.4 is 0 Å². The van der Waals surface area contributed by atoms with Crippen LogP contribution >= 0.6 is 0 Å². The fourth-order valence-corrected chi connectivity index (χ4v) is 4.61. The van der Waals surface area contributed by atoms with E-state index < -0.39 is 6.11 Å². The Kier molecular flexibility index (Phi) is 9.23. The lowest BCUT2D eigenvalue weighted by Gasteiger charge is -2.29. The quantitative estimate of drug-likeness (QED) is 0.303. The number of allylic oxidation sites excluding steroid dienone is 2. The van der Waals surface area contributed by atoms with Crippen LogP contribution in [0.5, 0.6) is 0 Å². The van der Waals surface area contributed by atoms with Crippen LogP contribution in [-0.2, 0) is 23.7 Å². The maximum Gasteiger partial charge on any atom is 0.383 e. The first kappa shape index (κ1) is 24.4. The summed E-state index contributed by atoms with van der Waals surface area (Å²) in [6.07, 6.45) is 9.98. The van der Waals surface area contributed by atoms with Crippen LogP contribution in [0, 0.1) is 5.92 Å². The van der Waals surface area contributed by atoms with Gasteiger partial charge in [0.15, 0.2) is 0 Å². The second-order valence-corrected chi connectivity index (χ2v) is 8.96. The Hall–Kier alpha value is -2.26. The number of benzene rings is 2. The van der Waals surface area contributed by atoms with E-state index in [1.165, 1.54) is 42.5 Å². The van der Waals surface area contributed by atoms with E-state index in [-0.39, 0.29) is 12.2 Å². The molecular weight excluding hydrogens is 402 g/mol. The number of aryl methyl sites for hydroxylation is 1. The predicted octanol–water partition coefficient (Wildman–Crippen LogP) is 8.35. The molecule has 2 aromatic rings. The first-order valence-electron chi connectivity index (χ1n) is 11.9. The molecule has 3 heteroatoms. The molecule has 32 heavy (non-hydrogen) atoms. The molecule has 0 saturated heterocycles. The molecule has 0 amide bonds. The Bertz CT molecular complexity index is 830. The smallest absolute Gasteiger partial charge is 0.316 e. The van der Waals surface area contributed by atoms with Crippen LogP contribution in [0.4, 0.5) is 8.78 Å². The minimum Gasteiger partial charge on any atom is -0.316 e. The molecule has 1 nitrogen and oxygen atoms in total. The highest BCUT2D eigenvalue weighted by atomic mass is 19.3. The molecule has 0 N–H and O–H groups in total. The first-order valence-corrected chi connectivity index (χ1v) is 11.9. The van der Waals surface area contributed by atoms with Gasteiger partial charge in [0.1, 0.15) is 0 Å². The first-order chi connectivity index (χ1) is 15.5. The topological polar surface area (TPSA) is 9.23 Å². The van der Waals surface area contributed by atoms with E-state index in [4.69, 9.17) is 4.74 Å². The molecule has 0 spiro atoms. The Morgan fingerprint density at radius 1 is 0.812 bits per heavy atom. The molecule has 2 aromatic carbocycles. The highest BCUT2D eigenvalue weighted by Gasteiger charge is 2.33. The molecular formula is C29H36F2O. The number of halogens is 2. The average Bonchev–Trinajstić information content (AvgIpc) is 2.82. The van der Waals surface area contributed by atoms with Crippen LogP contribution in [0.25, 0.3) is 0 Å². The van der Waals surface area contributed by atoms with Gasteiger partial charge >= 0.3 is 6.11 Å². The summed E-state index contributed by atoms with van der Waals surface area (Å²) >= 11 is 0. The van der Waals surface area contributed by atoms with Crippen molar-refractivity contribution in [3.05, 3.63) is 96.1 Å². The van der Waals surface area contributed by atoms with Gasteiger partial charge < -0.3 is 4.74 Å². The van der Waals surface area contributed by atoms with Crippen LogP contribution in [0.2, 0.25) is 0 Å². The van der Waals surface area contributed by atoms with Crippen molar-refractivity contribution >= 4 is 0 Å².